The van der Waals surface area contributed by atoms with E-state index in [1.165, 1.54) is 18.2 Å². The zero-order valence-corrected chi connectivity index (χ0v) is 13.1. The van der Waals surface area contributed by atoms with Crippen LogP contribution in [0, 0.1) is 6.92 Å². The third-order valence-electron chi connectivity index (χ3n) is 3.26. The van der Waals surface area contributed by atoms with Crippen LogP contribution in [0.5, 0.6) is 5.75 Å². The Morgan fingerprint density at radius 1 is 1.12 bits per heavy atom. The Morgan fingerprint density at radius 2 is 1.84 bits per heavy atom. The Bertz CT molecular complexity index is 879. The van der Waals surface area contributed by atoms with Gasteiger partial charge in [0.2, 0.25) is 11.8 Å². The average Bonchev–Trinajstić information content (AvgIpc) is 3.02. The predicted molar refractivity (Wildman–Crippen MR) is 85.5 cm³/mol. The van der Waals surface area contributed by atoms with Gasteiger partial charge in [-0.15, -0.1) is 10.2 Å². The largest absolute Gasteiger partial charge is 0.434 e. The molecule has 0 aliphatic heterocycles. The number of carbonyl (C=O) groups is 1. The number of carbonyl (C=O) groups excluding carboxylic acids is 1. The molecule has 8 heteroatoms. The summed E-state index contributed by atoms with van der Waals surface area (Å²) >= 11 is 0. The van der Waals surface area contributed by atoms with Crippen LogP contribution >= 0.6 is 0 Å². The maximum atomic E-state index is 12.4. The first-order chi connectivity index (χ1) is 12.0. The number of halogens is 2. The number of hydrogen-bond donors (Lipinski definition) is 1. The van der Waals surface area contributed by atoms with E-state index in [2.05, 4.69) is 20.3 Å². The van der Waals surface area contributed by atoms with Crippen molar-refractivity contribution in [3.8, 4) is 17.2 Å². The molecule has 0 radical (unpaired) electrons. The average molecular weight is 345 g/mol. The molecule has 1 heterocycles. The zero-order valence-electron chi connectivity index (χ0n) is 13.1. The van der Waals surface area contributed by atoms with Crippen LogP contribution in [0.1, 0.15) is 16.2 Å². The molecule has 6 nitrogen and oxygen atoms in total. The van der Waals surface area contributed by atoms with Crippen molar-refractivity contribution in [1.29, 1.82) is 0 Å². The maximum Gasteiger partial charge on any atom is 0.387 e. The van der Waals surface area contributed by atoms with Gasteiger partial charge in [0.25, 0.3) is 5.91 Å². The van der Waals surface area contributed by atoms with E-state index >= 15 is 0 Å². The second-order valence-electron chi connectivity index (χ2n) is 5.03. The molecule has 0 bridgehead atoms. The summed E-state index contributed by atoms with van der Waals surface area (Å²) in [4.78, 5) is 12.3. The van der Waals surface area contributed by atoms with Crippen molar-refractivity contribution in [3.63, 3.8) is 0 Å². The minimum absolute atomic E-state index is 0.0133. The molecule has 1 amide bonds. The van der Waals surface area contributed by atoms with E-state index in [4.69, 9.17) is 4.42 Å². The van der Waals surface area contributed by atoms with E-state index in [0.29, 0.717) is 23.0 Å². The molecule has 1 aromatic heterocycles. The molecule has 0 fully saturated rings. The minimum Gasteiger partial charge on any atom is -0.434 e. The number of nitrogens with one attached hydrogen (secondary N) is 1. The fourth-order valence-electron chi connectivity index (χ4n) is 2.16. The number of ether oxygens (including phenoxy) is 1. The maximum absolute atomic E-state index is 12.4. The highest BCUT2D eigenvalue weighted by Crippen LogP contribution is 2.23. The minimum atomic E-state index is -3.01. The molecule has 0 saturated carbocycles. The van der Waals surface area contributed by atoms with E-state index < -0.39 is 12.5 Å². The number of rotatable bonds is 5. The molecule has 25 heavy (non-hydrogen) atoms. The molecular formula is C17H13F2N3O3. The van der Waals surface area contributed by atoms with Gasteiger partial charge >= 0.3 is 6.61 Å². The SMILES string of the molecule is Cc1nnc(-c2ccc(NC(=O)c3ccccc3OC(F)F)cc2)o1. The van der Waals surface area contributed by atoms with Crippen LogP contribution in [0.25, 0.3) is 11.5 Å². The van der Waals surface area contributed by atoms with Crippen molar-refractivity contribution in [3.05, 3.63) is 60.0 Å². The molecule has 1 N–H and O–H groups in total. The third-order valence-corrected chi connectivity index (χ3v) is 3.26. The predicted octanol–water partition coefficient (Wildman–Crippen LogP) is 3.90. The van der Waals surface area contributed by atoms with Gasteiger partial charge in [0, 0.05) is 18.2 Å². The van der Waals surface area contributed by atoms with Gasteiger partial charge in [-0.25, -0.2) is 0 Å². The van der Waals surface area contributed by atoms with E-state index in [-0.39, 0.29) is 11.3 Å². The number of hydrogen-bond acceptors (Lipinski definition) is 5. The number of anilines is 1. The number of nitrogens with zero attached hydrogens (tertiary/aromatic N) is 2. The first-order valence-corrected chi connectivity index (χ1v) is 7.28. The summed E-state index contributed by atoms with van der Waals surface area (Å²) in [7, 11) is 0. The van der Waals surface area contributed by atoms with Crippen LogP contribution in [-0.2, 0) is 0 Å². The molecule has 3 aromatic rings. The van der Waals surface area contributed by atoms with Crippen LogP contribution < -0.4 is 10.1 Å². The molecule has 0 atom stereocenters. The number of para-hydroxylation sites is 1. The van der Waals surface area contributed by atoms with Gasteiger partial charge < -0.3 is 14.5 Å². The van der Waals surface area contributed by atoms with Gasteiger partial charge in [-0.1, -0.05) is 12.1 Å². The first-order valence-electron chi connectivity index (χ1n) is 7.28. The molecule has 0 saturated heterocycles. The number of amides is 1. The second-order valence-corrected chi connectivity index (χ2v) is 5.03. The summed E-state index contributed by atoms with van der Waals surface area (Å²) < 4.78 is 34.5. The van der Waals surface area contributed by atoms with Gasteiger partial charge in [0.15, 0.2) is 0 Å². The van der Waals surface area contributed by atoms with Gasteiger partial charge in [0.1, 0.15) is 5.75 Å². The van der Waals surface area contributed by atoms with Gasteiger partial charge in [-0.05, 0) is 36.4 Å². The van der Waals surface area contributed by atoms with Crippen molar-refractivity contribution in [2.24, 2.45) is 0 Å². The molecule has 2 aromatic carbocycles. The molecule has 0 unspecified atom stereocenters. The number of alkyl halides is 2. The van der Waals surface area contributed by atoms with Crippen LogP contribution in [0.15, 0.2) is 52.9 Å². The van der Waals surface area contributed by atoms with Crippen LogP contribution in [0.4, 0.5) is 14.5 Å². The molecular weight excluding hydrogens is 332 g/mol. The quantitative estimate of drug-likeness (QED) is 0.759. The third kappa shape index (κ3) is 3.97. The molecule has 0 aliphatic rings. The fourth-order valence-corrected chi connectivity index (χ4v) is 2.16. The molecule has 0 aliphatic carbocycles. The van der Waals surface area contributed by atoms with Gasteiger partial charge in [0.05, 0.1) is 5.56 Å². The fraction of sp³-hybridized carbons (Fsp3) is 0.118. The molecule has 128 valence electrons. The Kier molecular flexibility index (Phi) is 4.69. The lowest BCUT2D eigenvalue weighted by atomic mass is 10.1. The molecule has 3 rings (SSSR count). The number of benzene rings is 2. The van der Waals surface area contributed by atoms with E-state index in [1.54, 1.807) is 37.3 Å². The summed E-state index contributed by atoms with van der Waals surface area (Å²) in [5.41, 5.74) is 1.19. The second kappa shape index (κ2) is 7.08. The summed E-state index contributed by atoms with van der Waals surface area (Å²) in [6.07, 6.45) is 0. The number of aromatic nitrogens is 2. The van der Waals surface area contributed by atoms with Gasteiger partial charge in [-0.2, -0.15) is 8.78 Å². The Labute approximate surface area is 141 Å². The lowest BCUT2D eigenvalue weighted by molar-refractivity contribution is -0.0501. The lowest BCUT2D eigenvalue weighted by Crippen LogP contribution is -2.14. The zero-order chi connectivity index (χ0) is 17.8. The smallest absolute Gasteiger partial charge is 0.387 e. The van der Waals surface area contributed by atoms with Crippen molar-refractivity contribution < 1.29 is 22.7 Å². The summed E-state index contributed by atoms with van der Waals surface area (Å²) in [5, 5.41) is 10.3. The first kappa shape index (κ1) is 16.6. The van der Waals surface area contributed by atoms with Crippen molar-refractivity contribution >= 4 is 11.6 Å². The summed E-state index contributed by atoms with van der Waals surface area (Å²) in [6, 6.07) is 12.5. The van der Waals surface area contributed by atoms with E-state index in [0.717, 1.165) is 0 Å². The van der Waals surface area contributed by atoms with Crippen molar-refractivity contribution in [1.82, 2.24) is 10.2 Å². The highest BCUT2D eigenvalue weighted by Gasteiger charge is 2.15. The Morgan fingerprint density at radius 3 is 2.48 bits per heavy atom. The summed E-state index contributed by atoms with van der Waals surface area (Å²) in [6.45, 7) is -1.32. The molecule has 0 spiro atoms. The topological polar surface area (TPSA) is 77.2 Å². The van der Waals surface area contributed by atoms with Crippen molar-refractivity contribution in [2.45, 2.75) is 13.5 Å². The van der Waals surface area contributed by atoms with E-state index in [1.807, 2.05) is 0 Å². The lowest BCUT2D eigenvalue weighted by Gasteiger charge is -2.11. The van der Waals surface area contributed by atoms with Crippen molar-refractivity contribution in [2.75, 3.05) is 5.32 Å². The standard InChI is InChI=1S/C17H13F2N3O3/c1-10-21-22-16(24-10)11-6-8-12(9-7-11)20-15(23)13-4-2-3-5-14(13)25-17(18)19/h2-9,17H,1H3,(H,20,23). The summed E-state index contributed by atoms with van der Waals surface area (Å²) in [5.74, 6) is 0.0691. The highest BCUT2D eigenvalue weighted by molar-refractivity contribution is 6.06. The van der Waals surface area contributed by atoms with Crippen LogP contribution in [-0.4, -0.2) is 22.7 Å². The Balaban J connectivity index is 1.75. The number of aryl methyl sites for hydroxylation is 1. The normalized spacial score (nSPS) is 10.7. The monoisotopic (exact) mass is 345 g/mol. The van der Waals surface area contributed by atoms with Crippen LogP contribution in [0.3, 0.4) is 0 Å². The van der Waals surface area contributed by atoms with Gasteiger partial charge in [-0.3, -0.25) is 4.79 Å². The highest BCUT2D eigenvalue weighted by atomic mass is 19.3. The van der Waals surface area contributed by atoms with E-state index in [9.17, 15) is 13.6 Å². The van der Waals surface area contributed by atoms with Crippen LogP contribution in [0.2, 0.25) is 0 Å². The Hall–Kier alpha value is -3.29.